The fourth-order valence-electron chi connectivity index (χ4n) is 1.63. The van der Waals surface area contributed by atoms with E-state index in [2.05, 4.69) is 0 Å². The number of aliphatic hydroxyl groups excluding tert-OH is 1. The third-order valence-electron chi connectivity index (χ3n) is 2.96. The summed E-state index contributed by atoms with van der Waals surface area (Å²) in [4.78, 5) is -0.0851. The Hall–Kier alpha value is -0.370. The summed E-state index contributed by atoms with van der Waals surface area (Å²) in [7, 11) is -0.846. The largest absolute Gasteiger partial charge is 0.392 e. The molecule has 0 aliphatic rings. The predicted octanol–water partition coefficient (Wildman–Crippen LogP) is 2.14. The van der Waals surface area contributed by atoms with Crippen LogP contribution in [0.3, 0.4) is 0 Å². The number of aliphatic hydroxyl groups is 1. The lowest BCUT2D eigenvalue weighted by molar-refractivity contribution is 0.149. The van der Waals surface area contributed by atoms with Crippen molar-refractivity contribution < 1.29 is 18.3 Å². The van der Waals surface area contributed by atoms with Crippen LogP contribution in [-0.2, 0) is 21.4 Å². The van der Waals surface area contributed by atoms with Crippen LogP contribution in [0.15, 0.2) is 17.0 Å². The summed E-state index contributed by atoms with van der Waals surface area (Å²) in [5, 5.41) is 9.42. The molecule has 0 saturated carbocycles. The highest BCUT2D eigenvalue weighted by Crippen LogP contribution is 2.30. The molecule has 0 heterocycles. The molecule has 1 rings (SSSR count). The van der Waals surface area contributed by atoms with Crippen LogP contribution < -0.4 is 0 Å². The Labute approximate surface area is 129 Å². The van der Waals surface area contributed by atoms with Gasteiger partial charge in [-0.25, -0.2) is 8.42 Å². The van der Waals surface area contributed by atoms with Gasteiger partial charge in [-0.2, -0.15) is 4.31 Å². The molecule has 0 aromatic heterocycles. The topological polar surface area (TPSA) is 66.8 Å². The molecule has 0 fully saturated rings. The summed E-state index contributed by atoms with van der Waals surface area (Å²) in [5.41, 5.74) is 0.308. The third kappa shape index (κ3) is 3.63. The highest BCUT2D eigenvalue weighted by Gasteiger charge is 2.28. The van der Waals surface area contributed by atoms with Crippen LogP contribution in [0.25, 0.3) is 0 Å². The molecule has 1 aromatic carbocycles. The lowest BCUT2D eigenvalue weighted by Gasteiger charge is -2.24. The van der Waals surface area contributed by atoms with E-state index in [0.717, 1.165) is 0 Å². The molecule has 5 nitrogen and oxygen atoms in total. The van der Waals surface area contributed by atoms with Crippen molar-refractivity contribution in [2.24, 2.45) is 0 Å². The normalized spacial score (nSPS) is 13.8. The van der Waals surface area contributed by atoms with Gasteiger partial charge in [-0.3, -0.25) is 0 Å². The molecule has 20 heavy (non-hydrogen) atoms. The first-order chi connectivity index (χ1) is 9.25. The van der Waals surface area contributed by atoms with Crippen LogP contribution in [0.1, 0.15) is 12.5 Å². The number of benzene rings is 1. The molecule has 114 valence electrons. The zero-order valence-electron chi connectivity index (χ0n) is 11.4. The van der Waals surface area contributed by atoms with Crippen LogP contribution in [0.2, 0.25) is 10.0 Å². The molecule has 1 atom stereocenters. The van der Waals surface area contributed by atoms with Gasteiger partial charge in [0.25, 0.3) is 0 Å². The Morgan fingerprint density at radius 3 is 2.45 bits per heavy atom. The average Bonchev–Trinajstić information content (AvgIpc) is 2.37. The van der Waals surface area contributed by atoms with Crippen molar-refractivity contribution in [3.63, 3.8) is 0 Å². The van der Waals surface area contributed by atoms with Gasteiger partial charge in [0.1, 0.15) is 4.90 Å². The van der Waals surface area contributed by atoms with Gasteiger partial charge in [0.05, 0.1) is 18.2 Å². The number of halogens is 2. The Balaban J connectivity index is 3.28. The van der Waals surface area contributed by atoms with Gasteiger partial charge in [0.15, 0.2) is 0 Å². The summed E-state index contributed by atoms with van der Waals surface area (Å²) in [6, 6.07) is 2.25. The van der Waals surface area contributed by atoms with Gasteiger partial charge in [-0.05, 0) is 24.6 Å². The van der Waals surface area contributed by atoms with Crippen LogP contribution in [0.5, 0.6) is 0 Å². The third-order valence-corrected chi connectivity index (χ3v) is 5.75. The fourth-order valence-corrected chi connectivity index (χ4v) is 3.81. The molecule has 0 bridgehead atoms. The van der Waals surface area contributed by atoms with Gasteiger partial charge >= 0.3 is 0 Å². The van der Waals surface area contributed by atoms with Crippen LogP contribution in [-0.4, -0.2) is 44.6 Å². The Morgan fingerprint density at radius 1 is 1.35 bits per heavy atom. The molecule has 0 aliphatic heterocycles. The minimum Gasteiger partial charge on any atom is -0.392 e. The van der Waals surface area contributed by atoms with E-state index in [4.69, 9.17) is 27.9 Å². The van der Waals surface area contributed by atoms with Crippen molar-refractivity contribution >= 4 is 33.2 Å². The first-order valence-electron chi connectivity index (χ1n) is 5.81. The molecule has 0 spiro atoms. The summed E-state index contributed by atoms with van der Waals surface area (Å²) < 4.78 is 31.1. The molecule has 0 amide bonds. The van der Waals surface area contributed by atoms with Crippen molar-refractivity contribution in [2.75, 3.05) is 20.8 Å². The minimum absolute atomic E-state index is 0.0173. The molecule has 0 aliphatic carbocycles. The predicted molar refractivity (Wildman–Crippen MR) is 78.7 cm³/mol. The first-order valence-corrected chi connectivity index (χ1v) is 8.01. The maximum absolute atomic E-state index is 12.5. The highest BCUT2D eigenvalue weighted by atomic mass is 35.5. The number of rotatable bonds is 6. The number of hydrogen-bond donors (Lipinski definition) is 1. The van der Waals surface area contributed by atoms with Gasteiger partial charge in [0.2, 0.25) is 10.0 Å². The van der Waals surface area contributed by atoms with E-state index >= 15 is 0 Å². The maximum atomic E-state index is 12.5. The molecule has 1 unspecified atom stereocenters. The SMILES string of the molecule is COCC(C)N(C)S(=O)(=O)c1cc(CO)c(Cl)cc1Cl. The molecule has 8 heteroatoms. The van der Waals surface area contributed by atoms with Gasteiger partial charge in [-0.15, -0.1) is 0 Å². The summed E-state index contributed by atoms with van der Waals surface area (Å²) >= 11 is 11.8. The second kappa shape index (κ2) is 7.06. The van der Waals surface area contributed by atoms with Crippen molar-refractivity contribution in [3.8, 4) is 0 Å². The second-order valence-corrected chi connectivity index (χ2v) is 7.14. The van der Waals surface area contributed by atoms with E-state index in [1.807, 2.05) is 0 Å². The number of sulfonamides is 1. The number of hydrogen-bond acceptors (Lipinski definition) is 4. The molecule has 0 radical (unpaired) electrons. The molecule has 1 N–H and O–H groups in total. The van der Waals surface area contributed by atoms with Gasteiger partial charge in [-0.1, -0.05) is 23.2 Å². The smallest absolute Gasteiger partial charge is 0.244 e. The van der Waals surface area contributed by atoms with Crippen molar-refractivity contribution in [2.45, 2.75) is 24.5 Å². The Morgan fingerprint density at radius 2 is 1.95 bits per heavy atom. The number of likely N-dealkylation sites (N-methyl/N-ethyl adjacent to an activating group) is 1. The average molecular weight is 342 g/mol. The Bertz CT molecular complexity index is 577. The summed E-state index contributed by atoms with van der Waals surface area (Å²) in [6.07, 6.45) is 0. The quantitative estimate of drug-likeness (QED) is 0.860. The summed E-state index contributed by atoms with van der Waals surface area (Å²) in [6.45, 7) is 1.61. The highest BCUT2D eigenvalue weighted by molar-refractivity contribution is 7.89. The first kappa shape index (κ1) is 17.7. The molecular formula is C12H17Cl2NO4S. The van der Waals surface area contributed by atoms with Crippen molar-refractivity contribution in [1.82, 2.24) is 4.31 Å². The molecular weight excluding hydrogens is 325 g/mol. The van der Waals surface area contributed by atoms with E-state index in [0.29, 0.717) is 5.56 Å². The van der Waals surface area contributed by atoms with Gasteiger partial charge < -0.3 is 9.84 Å². The van der Waals surface area contributed by atoms with Crippen molar-refractivity contribution in [3.05, 3.63) is 27.7 Å². The minimum atomic E-state index is -3.79. The van der Waals surface area contributed by atoms with E-state index in [-0.39, 0.29) is 34.2 Å². The number of ether oxygens (including phenoxy) is 1. The molecule has 1 aromatic rings. The van der Waals surface area contributed by atoms with E-state index in [9.17, 15) is 13.5 Å². The van der Waals surface area contributed by atoms with Crippen LogP contribution in [0.4, 0.5) is 0 Å². The summed E-state index contributed by atoms with van der Waals surface area (Å²) in [5.74, 6) is 0. The van der Waals surface area contributed by atoms with E-state index < -0.39 is 10.0 Å². The monoisotopic (exact) mass is 341 g/mol. The standard InChI is InChI=1S/C12H17Cl2NO4S/c1-8(7-19-3)15(2)20(17,18)12-4-9(6-16)10(13)5-11(12)14/h4-5,8,16H,6-7H2,1-3H3. The number of nitrogens with zero attached hydrogens (tertiary/aromatic N) is 1. The fraction of sp³-hybridized carbons (Fsp3) is 0.500. The lowest BCUT2D eigenvalue weighted by atomic mass is 10.2. The van der Waals surface area contributed by atoms with E-state index in [1.54, 1.807) is 6.92 Å². The second-order valence-electron chi connectivity index (χ2n) is 4.36. The van der Waals surface area contributed by atoms with E-state index in [1.165, 1.54) is 30.6 Å². The lowest BCUT2D eigenvalue weighted by Crippen LogP contribution is -2.37. The Kier molecular flexibility index (Phi) is 6.25. The van der Waals surface area contributed by atoms with Crippen LogP contribution >= 0.6 is 23.2 Å². The number of methoxy groups -OCH3 is 1. The molecule has 0 saturated heterocycles. The van der Waals surface area contributed by atoms with Crippen molar-refractivity contribution in [1.29, 1.82) is 0 Å². The zero-order chi connectivity index (χ0) is 15.5. The maximum Gasteiger partial charge on any atom is 0.244 e. The zero-order valence-corrected chi connectivity index (χ0v) is 13.8. The van der Waals surface area contributed by atoms with Gasteiger partial charge in [0, 0.05) is 25.2 Å². The van der Waals surface area contributed by atoms with Crippen LogP contribution in [0, 0.1) is 0 Å².